The number of alkyl halides is 3. The second-order valence-electron chi connectivity index (χ2n) is 6.31. The third-order valence-corrected chi connectivity index (χ3v) is 5.98. The minimum Gasteiger partial charge on any atom is -0.497 e. The van der Waals surface area contributed by atoms with Gasteiger partial charge in [0.15, 0.2) is 5.96 Å². The van der Waals surface area contributed by atoms with Crippen molar-refractivity contribution in [2.45, 2.75) is 37.9 Å². The normalized spacial score (nSPS) is 17.4. The van der Waals surface area contributed by atoms with Crippen LogP contribution in [-0.2, 0) is 16.6 Å². The van der Waals surface area contributed by atoms with Crippen LogP contribution in [0, 0.1) is 0 Å². The Morgan fingerprint density at radius 2 is 1.86 bits per heavy atom. The van der Waals surface area contributed by atoms with Crippen molar-refractivity contribution in [2.24, 2.45) is 4.99 Å². The van der Waals surface area contributed by atoms with E-state index in [1.165, 1.54) is 0 Å². The van der Waals surface area contributed by atoms with E-state index in [-0.39, 0.29) is 32.0 Å². The molecule has 1 heterocycles. The van der Waals surface area contributed by atoms with Crippen molar-refractivity contribution in [3.8, 4) is 5.75 Å². The molecule has 0 aromatic heterocycles. The maximum absolute atomic E-state index is 12.7. The molecular weight excluding hydrogens is 397 g/mol. The first-order valence-corrected chi connectivity index (χ1v) is 10.4. The molecule has 0 amide bonds. The summed E-state index contributed by atoms with van der Waals surface area (Å²) in [5.74, 6) is 1.29. The molecule has 0 spiro atoms. The molecule has 7 nitrogen and oxygen atoms in total. The van der Waals surface area contributed by atoms with Gasteiger partial charge in [0.05, 0.1) is 13.7 Å². The van der Waals surface area contributed by atoms with E-state index in [0.717, 1.165) is 11.3 Å². The predicted octanol–water partition coefficient (Wildman–Crippen LogP) is 2.06. The molecule has 1 aromatic carbocycles. The van der Waals surface area contributed by atoms with Crippen LogP contribution in [0.25, 0.3) is 0 Å². The lowest BCUT2D eigenvalue weighted by molar-refractivity contribution is -0.0494. The highest BCUT2D eigenvalue weighted by atomic mass is 32.2. The Bertz CT molecular complexity index is 759. The van der Waals surface area contributed by atoms with E-state index in [4.69, 9.17) is 4.74 Å². The summed E-state index contributed by atoms with van der Waals surface area (Å²) in [6.45, 7) is 2.58. The lowest BCUT2D eigenvalue weighted by Gasteiger charge is -2.32. The molecule has 1 saturated heterocycles. The van der Waals surface area contributed by atoms with Gasteiger partial charge in [-0.2, -0.15) is 17.5 Å². The van der Waals surface area contributed by atoms with E-state index < -0.39 is 15.5 Å². The van der Waals surface area contributed by atoms with Gasteiger partial charge in [0.1, 0.15) is 5.75 Å². The van der Waals surface area contributed by atoms with Gasteiger partial charge in [0, 0.05) is 25.7 Å². The first kappa shape index (κ1) is 22.3. The molecule has 0 bridgehead atoms. The molecule has 0 radical (unpaired) electrons. The van der Waals surface area contributed by atoms with Crippen LogP contribution in [0.5, 0.6) is 5.75 Å². The van der Waals surface area contributed by atoms with E-state index in [1.807, 2.05) is 31.2 Å². The topological polar surface area (TPSA) is 83.0 Å². The Labute approximate surface area is 163 Å². The second-order valence-corrected chi connectivity index (χ2v) is 8.24. The molecule has 158 valence electrons. The van der Waals surface area contributed by atoms with Gasteiger partial charge in [-0.25, -0.2) is 13.4 Å². The first-order chi connectivity index (χ1) is 13.2. The number of halogens is 3. The van der Waals surface area contributed by atoms with Crippen molar-refractivity contribution in [3.05, 3.63) is 29.8 Å². The number of guanidine groups is 1. The first-order valence-electron chi connectivity index (χ1n) is 8.91. The maximum Gasteiger partial charge on any atom is 0.511 e. The highest BCUT2D eigenvalue weighted by molar-refractivity contribution is 7.90. The van der Waals surface area contributed by atoms with Crippen molar-refractivity contribution in [3.63, 3.8) is 0 Å². The van der Waals surface area contributed by atoms with Crippen molar-refractivity contribution in [2.75, 3.05) is 26.7 Å². The van der Waals surface area contributed by atoms with Crippen LogP contribution in [0.1, 0.15) is 25.3 Å². The average Bonchev–Trinajstić information content (AvgIpc) is 2.66. The summed E-state index contributed by atoms with van der Waals surface area (Å²) in [6.07, 6.45) is 0.532. The number of rotatable bonds is 6. The van der Waals surface area contributed by atoms with Crippen LogP contribution in [0.4, 0.5) is 13.2 Å². The van der Waals surface area contributed by atoms with Crippen molar-refractivity contribution in [1.29, 1.82) is 0 Å². The van der Waals surface area contributed by atoms with Gasteiger partial charge < -0.3 is 15.4 Å². The minimum absolute atomic E-state index is 0.159. The zero-order valence-electron chi connectivity index (χ0n) is 15.8. The lowest BCUT2D eigenvalue weighted by Crippen LogP contribution is -2.51. The fourth-order valence-electron chi connectivity index (χ4n) is 2.80. The van der Waals surface area contributed by atoms with Gasteiger partial charge in [-0.05, 0) is 37.5 Å². The van der Waals surface area contributed by atoms with Gasteiger partial charge in [0.2, 0.25) is 0 Å². The number of ether oxygens (including phenoxy) is 1. The third kappa shape index (κ3) is 5.74. The molecule has 28 heavy (non-hydrogen) atoms. The highest BCUT2D eigenvalue weighted by Gasteiger charge is 2.50. The van der Waals surface area contributed by atoms with Crippen LogP contribution in [0.15, 0.2) is 29.3 Å². The standard InChI is InChI=1S/C17H25F3N4O3S/c1-3-21-16(22-12-13-4-6-15(27-2)7-5-13)23-14-8-10-24(11-9-14)28(25,26)17(18,19)20/h4-7,14H,3,8-12H2,1-2H3,(H2,21,22,23). The lowest BCUT2D eigenvalue weighted by atomic mass is 10.1. The number of piperidine rings is 1. The summed E-state index contributed by atoms with van der Waals surface area (Å²) in [7, 11) is -3.68. The van der Waals surface area contributed by atoms with E-state index in [9.17, 15) is 21.6 Å². The number of hydrogen-bond acceptors (Lipinski definition) is 4. The van der Waals surface area contributed by atoms with E-state index >= 15 is 0 Å². The quantitative estimate of drug-likeness (QED) is 0.542. The van der Waals surface area contributed by atoms with Crippen LogP contribution in [0.3, 0.4) is 0 Å². The molecule has 1 aromatic rings. The molecule has 1 fully saturated rings. The Kier molecular flexibility index (Phi) is 7.53. The summed E-state index contributed by atoms with van der Waals surface area (Å²) in [5.41, 5.74) is -4.29. The number of hydrogen-bond donors (Lipinski definition) is 2. The minimum atomic E-state index is -5.26. The molecule has 0 unspecified atom stereocenters. The molecule has 11 heteroatoms. The fraction of sp³-hybridized carbons (Fsp3) is 0.588. The molecule has 0 atom stereocenters. The number of methoxy groups -OCH3 is 1. The smallest absolute Gasteiger partial charge is 0.497 e. The van der Waals surface area contributed by atoms with Crippen molar-refractivity contribution in [1.82, 2.24) is 14.9 Å². The largest absolute Gasteiger partial charge is 0.511 e. The van der Waals surface area contributed by atoms with Gasteiger partial charge in [-0.1, -0.05) is 12.1 Å². The summed E-state index contributed by atoms with van der Waals surface area (Å²) >= 11 is 0. The van der Waals surface area contributed by atoms with E-state index in [2.05, 4.69) is 15.6 Å². The average molecular weight is 422 g/mol. The van der Waals surface area contributed by atoms with Crippen LogP contribution < -0.4 is 15.4 Å². The molecular formula is C17H25F3N4O3S. The summed E-state index contributed by atoms with van der Waals surface area (Å²) < 4.78 is 66.5. The Morgan fingerprint density at radius 3 is 2.36 bits per heavy atom. The monoisotopic (exact) mass is 422 g/mol. The predicted molar refractivity (Wildman–Crippen MR) is 101 cm³/mol. The zero-order chi connectivity index (χ0) is 20.8. The number of sulfonamides is 1. The van der Waals surface area contributed by atoms with Gasteiger partial charge in [-0.3, -0.25) is 0 Å². The van der Waals surface area contributed by atoms with Crippen LogP contribution >= 0.6 is 0 Å². The summed E-state index contributed by atoms with van der Waals surface area (Å²) in [5, 5.41) is 6.26. The Morgan fingerprint density at radius 1 is 1.25 bits per heavy atom. The second kappa shape index (κ2) is 9.46. The summed E-state index contributed by atoms with van der Waals surface area (Å²) in [6, 6.07) is 7.30. The van der Waals surface area contributed by atoms with E-state index in [0.29, 0.717) is 23.4 Å². The number of benzene rings is 1. The third-order valence-electron chi connectivity index (χ3n) is 4.35. The van der Waals surface area contributed by atoms with Gasteiger partial charge in [0.25, 0.3) is 0 Å². The van der Waals surface area contributed by atoms with E-state index in [1.54, 1.807) is 7.11 Å². The van der Waals surface area contributed by atoms with Crippen LogP contribution in [-0.4, -0.2) is 57.0 Å². The van der Waals surface area contributed by atoms with Crippen molar-refractivity contribution >= 4 is 16.0 Å². The highest BCUT2D eigenvalue weighted by Crippen LogP contribution is 2.28. The van der Waals surface area contributed by atoms with Gasteiger partial charge in [-0.15, -0.1) is 0 Å². The molecule has 2 rings (SSSR count). The molecule has 0 saturated carbocycles. The maximum atomic E-state index is 12.7. The Hall–Kier alpha value is -2.01. The molecule has 1 aliphatic rings. The zero-order valence-corrected chi connectivity index (χ0v) is 16.6. The number of nitrogens with one attached hydrogen (secondary N) is 2. The number of aliphatic imine (C=N–C) groups is 1. The van der Waals surface area contributed by atoms with Crippen LogP contribution in [0.2, 0.25) is 0 Å². The number of nitrogens with zero attached hydrogens (tertiary/aromatic N) is 2. The molecule has 2 N–H and O–H groups in total. The SMILES string of the molecule is CCNC(=NCc1ccc(OC)cc1)NC1CCN(S(=O)(=O)C(F)(F)F)CC1. The van der Waals surface area contributed by atoms with Crippen molar-refractivity contribution < 1.29 is 26.3 Å². The molecule has 0 aliphatic carbocycles. The van der Waals surface area contributed by atoms with Gasteiger partial charge >= 0.3 is 15.5 Å². The molecule has 1 aliphatic heterocycles. The summed E-state index contributed by atoms with van der Waals surface area (Å²) in [4.78, 5) is 4.48. The Balaban J connectivity index is 1.94. The fourth-order valence-corrected chi connectivity index (χ4v) is 3.79.